The van der Waals surface area contributed by atoms with Gasteiger partial charge in [0, 0.05) is 17.8 Å². The summed E-state index contributed by atoms with van der Waals surface area (Å²) in [4.78, 5) is 16.0. The van der Waals surface area contributed by atoms with Crippen molar-refractivity contribution in [3.8, 4) is 28.8 Å². The molecule has 1 aliphatic carbocycles. The molecule has 44 heavy (non-hydrogen) atoms. The number of ether oxygens (including phenoxy) is 5. The highest BCUT2D eigenvalue weighted by Crippen LogP contribution is 2.44. The Morgan fingerprint density at radius 3 is 2.55 bits per heavy atom. The summed E-state index contributed by atoms with van der Waals surface area (Å²) >= 11 is 0. The number of aromatic nitrogens is 3. The van der Waals surface area contributed by atoms with Crippen molar-refractivity contribution in [1.82, 2.24) is 14.8 Å². The fourth-order valence-corrected chi connectivity index (χ4v) is 5.20. The third-order valence-corrected chi connectivity index (χ3v) is 7.20. The Bertz CT molecular complexity index is 1710. The highest BCUT2D eigenvalue weighted by atomic mass is 19.4. The predicted molar refractivity (Wildman–Crippen MR) is 142 cm³/mol. The summed E-state index contributed by atoms with van der Waals surface area (Å²) in [6.45, 7) is 1.65. The number of carbonyl (C=O) groups is 1. The monoisotopic (exact) mass is 617 g/mol. The molecule has 2 aromatic heterocycles. The van der Waals surface area contributed by atoms with E-state index in [-0.39, 0.29) is 40.7 Å². The van der Waals surface area contributed by atoms with Crippen LogP contribution in [0.1, 0.15) is 64.8 Å². The average molecular weight is 618 g/mol. The number of carbonyl (C=O) groups excluding carboxylic acids is 1. The molecule has 0 saturated heterocycles. The topological polar surface area (TPSA) is 93.9 Å². The lowest BCUT2D eigenvalue weighted by atomic mass is 9.93. The molecular formula is C30H24F5N3O6. The largest absolute Gasteiger partial charge is 0.586 e. The number of halogens is 5. The summed E-state index contributed by atoms with van der Waals surface area (Å²) < 4.78 is 96.1. The Labute approximate surface area is 247 Å². The third kappa shape index (κ3) is 5.71. The van der Waals surface area contributed by atoms with Crippen molar-refractivity contribution in [3.63, 3.8) is 0 Å². The standard InChI is InChI=1S/C30H24F5N3O6/c1-16(18-8-11-22-24(14-18)44-30(34,35)43-22)41-25-15-19(12-13-36-25)38-26-21(27(37-38)29(31,32)33)4-3-5-23(26)42-20-9-6-17(7-10-20)28(39)40-2/h6-16,23H,3-5H2,1-2H3/t16-,23?/m1/s1. The lowest BCUT2D eigenvalue weighted by molar-refractivity contribution is -0.286. The van der Waals surface area contributed by atoms with E-state index in [9.17, 15) is 26.7 Å². The molecule has 6 rings (SSSR count). The fraction of sp³-hybridized carbons (Fsp3) is 0.300. The van der Waals surface area contributed by atoms with Crippen molar-refractivity contribution in [2.75, 3.05) is 7.11 Å². The van der Waals surface area contributed by atoms with Crippen LogP contribution in [0.15, 0.2) is 60.8 Å². The van der Waals surface area contributed by atoms with Gasteiger partial charge in [0.1, 0.15) is 18.0 Å². The minimum absolute atomic E-state index is 0.0322. The van der Waals surface area contributed by atoms with Crippen LogP contribution >= 0.6 is 0 Å². The van der Waals surface area contributed by atoms with Crippen molar-refractivity contribution in [3.05, 3.63) is 88.9 Å². The fourth-order valence-electron chi connectivity index (χ4n) is 5.20. The van der Waals surface area contributed by atoms with E-state index in [0.717, 1.165) is 0 Å². The molecule has 1 unspecified atom stereocenters. The lowest BCUT2D eigenvalue weighted by Crippen LogP contribution is -2.25. The molecule has 0 spiro atoms. The van der Waals surface area contributed by atoms with E-state index in [1.165, 1.54) is 60.5 Å². The van der Waals surface area contributed by atoms with Gasteiger partial charge in [-0.25, -0.2) is 14.5 Å². The minimum Gasteiger partial charge on any atom is -0.484 e. The first-order valence-corrected chi connectivity index (χ1v) is 13.5. The number of alkyl halides is 5. The van der Waals surface area contributed by atoms with Crippen LogP contribution in [0.3, 0.4) is 0 Å². The SMILES string of the molecule is COC(=O)c1ccc(OC2CCCc3c(C(F)(F)F)nn(-c4ccnc(O[C@H](C)c5ccc6c(c5)OC(F)(F)O6)c4)c32)cc1. The maximum Gasteiger partial charge on any atom is 0.586 e. The van der Waals surface area contributed by atoms with Crippen LogP contribution < -0.4 is 18.9 Å². The quantitative estimate of drug-likeness (QED) is 0.162. The molecule has 14 heteroatoms. The number of methoxy groups -OCH3 is 1. The average Bonchev–Trinajstić information content (AvgIpc) is 3.54. The van der Waals surface area contributed by atoms with Crippen molar-refractivity contribution in [1.29, 1.82) is 0 Å². The molecule has 2 atom stereocenters. The minimum atomic E-state index is -4.71. The van der Waals surface area contributed by atoms with Gasteiger partial charge in [0.2, 0.25) is 5.88 Å². The van der Waals surface area contributed by atoms with Crippen LogP contribution in [-0.4, -0.2) is 34.1 Å². The summed E-state index contributed by atoms with van der Waals surface area (Å²) in [5.41, 5.74) is 0.278. The van der Waals surface area contributed by atoms with Crippen LogP contribution in [0.25, 0.3) is 5.69 Å². The molecule has 4 aromatic rings. The molecule has 0 fully saturated rings. The number of rotatable bonds is 7. The number of nitrogens with zero attached hydrogens (tertiary/aromatic N) is 3. The van der Waals surface area contributed by atoms with Gasteiger partial charge in [-0.1, -0.05) is 6.07 Å². The van der Waals surface area contributed by atoms with Gasteiger partial charge in [0.25, 0.3) is 0 Å². The molecule has 0 saturated carbocycles. The van der Waals surface area contributed by atoms with E-state index < -0.39 is 36.3 Å². The molecule has 1 aliphatic heterocycles. The first-order chi connectivity index (χ1) is 20.9. The number of esters is 1. The van der Waals surface area contributed by atoms with Crippen LogP contribution in [-0.2, 0) is 17.3 Å². The highest BCUT2D eigenvalue weighted by molar-refractivity contribution is 5.89. The third-order valence-electron chi connectivity index (χ3n) is 7.20. The van der Waals surface area contributed by atoms with E-state index in [1.54, 1.807) is 19.1 Å². The molecule has 0 radical (unpaired) electrons. The number of hydrogen-bond acceptors (Lipinski definition) is 8. The van der Waals surface area contributed by atoms with E-state index in [0.29, 0.717) is 29.7 Å². The molecule has 0 bridgehead atoms. The summed E-state index contributed by atoms with van der Waals surface area (Å²) in [6.07, 6.45) is -7.59. The van der Waals surface area contributed by atoms with Crippen molar-refractivity contribution in [2.24, 2.45) is 0 Å². The van der Waals surface area contributed by atoms with Gasteiger partial charge < -0.3 is 23.7 Å². The summed E-state index contributed by atoms with van der Waals surface area (Å²) in [5.74, 6) is -0.396. The first kappa shape index (κ1) is 29.2. The van der Waals surface area contributed by atoms with Crippen molar-refractivity contribution >= 4 is 5.97 Å². The van der Waals surface area contributed by atoms with Gasteiger partial charge in [-0.2, -0.15) is 18.3 Å². The molecule has 2 aromatic carbocycles. The maximum atomic E-state index is 14.1. The predicted octanol–water partition coefficient (Wildman–Crippen LogP) is 6.99. The Kier molecular flexibility index (Phi) is 7.30. The highest BCUT2D eigenvalue weighted by Gasteiger charge is 2.44. The number of fused-ring (bicyclic) bond motifs is 2. The van der Waals surface area contributed by atoms with Gasteiger partial charge in [-0.15, -0.1) is 8.78 Å². The van der Waals surface area contributed by atoms with E-state index in [2.05, 4.69) is 19.6 Å². The van der Waals surface area contributed by atoms with Crippen LogP contribution in [0.5, 0.6) is 23.1 Å². The van der Waals surface area contributed by atoms with E-state index >= 15 is 0 Å². The number of pyridine rings is 1. The van der Waals surface area contributed by atoms with Crippen molar-refractivity contribution < 1.29 is 50.4 Å². The van der Waals surface area contributed by atoms with Gasteiger partial charge in [-0.05, 0) is 74.2 Å². The molecule has 2 aliphatic rings. The van der Waals surface area contributed by atoms with Crippen LogP contribution in [0.4, 0.5) is 22.0 Å². The maximum absolute atomic E-state index is 14.1. The second kappa shape index (κ2) is 11.0. The number of hydrogen-bond donors (Lipinski definition) is 0. The second-order valence-electron chi connectivity index (χ2n) is 10.1. The van der Waals surface area contributed by atoms with Crippen LogP contribution in [0, 0.1) is 0 Å². The molecule has 230 valence electrons. The lowest BCUT2D eigenvalue weighted by Gasteiger charge is -2.26. The molecule has 0 N–H and O–H groups in total. The van der Waals surface area contributed by atoms with Crippen molar-refractivity contribution in [2.45, 2.75) is 50.9 Å². The Balaban J connectivity index is 1.30. The van der Waals surface area contributed by atoms with Gasteiger partial charge in [-0.3, -0.25) is 0 Å². The first-order valence-electron chi connectivity index (χ1n) is 13.5. The summed E-state index contributed by atoms with van der Waals surface area (Å²) in [5, 5.41) is 3.97. The zero-order valence-electron chi connectivity index (χ0n) is 23.2. The van der Waals surface area contributed by atoms with Crippen LogP contribution in [0.2, 0.25) is 0 Å². The van der Waals surface area contributed by atoms with Gasteiger partial charge >= 0.3 is 18.4 Å². The smallest absolute Gasteiger partial charge is 0.484 e. The Morgan fingerprint density at radius 1 is 1.07 bits per heavy atom. The zero-order chi connectivity index (χ0) is 31.2. The molecule has 0 amide bonds. The summed E-state index contributed by atoms with van der Waals surface area (Å²) in [6, 6.07) is 13.2. The Hall–Kier alpha value is -4.88. The molecule has 3 heterocycles. The molecular weight excluding hydrogens is 593 g/mol. The van der Waals surface area contributed by atoms with E-state index in [1.807, 2.05) is 0 Å². The van der Waals surface area contributed by atoms with Gasteiger partial charge in [0.05, 0.1) is 24.1 Å². The Morgan fingerprint density at radius 2 is 1.82 bits per heavy atom. The van der Waals surface area contributed by atoms with Gasteiger partial charge in [0.15, 0.2) is 17.2 Å². The van der Waals surface area contributed by atoms with E-state index in [4.69, 9.17) is 14.2 Å². The zero-order valence-corrected chi connectivity index (χ0v) is 23.2. The molecule has 9 nitrogen and oxygen atoms in total. The normalized spacial score (nSPS) is 17.5. The number of benzene rings is 2. The summed E-state index contributed by atoms with van der Waals surface area (Å²) in [7, 11) is 1.26. The second-order valence-corrected chi connectivity index (χ2v) is 10.1.